The van der Waals surface area contributed by atoms with E-state index in [1.165, 1.54) is 23.5 Å². The highest BCUT2D eigenvalue weighted by Gasteiger charge is 2.19. The zero-order valence-corrected chi connectivity index (χ0v) is 13.9. The Hall–Kier alpha value is -2.58. The van der Waals surface area contributed by atoms with Crippen LogP contribution in [0.15, 0.2) is 42.3 Å². The predicted octanol–water partition coefficient (Wildman–Crippen LogP) is 2.38. The van der Waals surface area contributed by atoms with E-state index in [0.717, 1.165) is 5.01 Å². The standard InChI is InChI=1S/C16H18N4O3S/c1-2-8-19(10-12-4-3-5-13(9-12)20(22)23)16(21)14-11-24-15(18-14)6-7-17/h2-5,9,11H,1,6-8,10,17H2. The van der Waals surface area contributed by atoms with Crippen molar-refractivity contribution in [1.82, 2.24) is 9.88 Å². The van der Waals surface area contributed by atoms with Crippen LogP contribution in [-0.2, 0) is 13.0 Å². The topological polar surface area (TPSA) is 102 Å². The highest BCUT2D eigenvalue weighted by atomic mass is 32.1. The Morgan fingerprint density at radius 3 is 2.96 bits per heavy atom. The molecule has 24 heavy (non-hydrogen) atoms. The van der Waals surface area contributed by atoms with Gasteiger partial charge in [0.2, 0.25) is 0 Å². The summed E-state index contributed by atoms with van der Waals surface area (Å²) in [4.78, 5) is 28.9. The number of non-ortho nitro benzene ring substituents is 1. The molecule has 0 aliphatic rings. The first-order valence-electron chi connectivity index (χ1n) is 7.33. The zero-order chi connectivity index (χ0) is 17.5. The molecular weight excluding hydrogens is 328 g/mol. The number of aromatic nitrogens is 1. The fourth-order valence-corrected chi connectivity index (χ4v) is 2.96. The monoisotopic (exact) mass is 346 g/mol. The minimum absolute atomic E-state index is 0.00241. The van der Waals surface area contributed by atoms with Crippen molar-refractivity contribution in [1.29, 1.82) is 0 Å². The molecule has 0 aliphatic heterocycles. The van der Waals surface area contributed by atoms with Crippen molar-refractivity contribution in [3.05, 3.63) is 68.7 Å². The Morgan fingerprint density at radius 1 is 1.50 bits per heavy atom. The quantitative estimate of drug-likeness (QED) is 0.449. The molecule has 8 heteroatoms. The molecule has 2 N–H and O–H groups in total. The Kier molecular flexibility index (Phi) is 6.16. The summed E-state index contributed by atoms with van der Waals surface area (Å²) in [6.45, 7) is 4.71. The molecule has 0 aliphatic carbocycles. The molecule has 1 amide bonds. The van der Waals surface area contributed by atoms with Crippen LogP contribution < -0.4 is 5.73 Å². The second kappa shape index (κ2) is 8.32. The van der Waals surface area contributed by atoms with Gasteiger partial charge in [-0.3, -0.25) is 14.9 Å². The van der Waals surface area contributed by atoms with Gasteiger partial charge < -0.3 is 10.6 Å². The van der Waals surface area contributed by atoms with E-state index in [2.05, 4.69) is 11.6 Å². The van der Waals surface area contributed by atoms with Crippen molar-refractivity contribution < 1.29 is 9.72 Å². The van der Waals surface area contributed by atoms with Crippen LogP contribution in [0.5, 0.6) is 0 Å². The van der Waals surface area contributed by atoms with Gasteiger partial charge in [0.25, 0.3) is 11.6 Å². The third-order valence-electron chi connectivity index (χ3n) is 3.26. The van der Waals surface area contributed by atoms with Crippen LogP contribution in [-0.4, -0.2) is 33.8 Å². The van der Waals surface area contributed by atoms with Crippen molar-refractivity contribution in [3.63, 3.8) is 0 Å². The number of nitro benzene ring substituents is 1. The number of benzene rings is 1. The number of rotatable bonds is 8. The van der Waals surface area contributed by atoms with Gasteiger partial charge in [0.05, 0.1) is 9.93 Å². The first-order chi connectivity index (χ1) is 11.5. The van der Waals surface area contributed by atoms with E-state index in [1.807, 2.05) is 0 Å². The molecule has 126 valence electrons. The summed E-state index contributed by atoms with van der Waals surface area (Å²) in [6.07, 6.45) is 2.24. The van der Waals surface area contributed by atoms with Crippen molar-refractivity contribution >= 4 is 22.9 Å². The van der Waals surface area contributed by atoms with Crippen LogP contribution in [0.4, 0.5) is 5.69 Å². The summed E-state index contributed by atoms with van der Waals surface area (Å²) in [7, 11) is 0. The maximum atomic E-state index is 12.6. The molecule has 1 aromatic carbocycles. The molecule has 1 aromatic heterocycles. The largest absolute Gasteiger partial charge is 0.330 e. The van der Waals surface area contributed by atoms with Gasteiger partial charge in [-0.25, -0.2) is 4.98 Å². The minimum atomic E-state index is -0.456. The number of hydrogen-bond donors (Lipinski definition) is 1. The molecule has 0 radical (unpaired) electrons. The smallest absolute Gasteiger partial charge is 0.273 e. The lowest BCUT2D eigenvalue weighted by molar-refractivity contribution is -0.384. The number of nitrogens with two attached hydrogens (primary N) is 1. The van der Waals surface area contributed by atoms with Gasteiger partial charge >= 0.3 is 0 Å². The van der Waals surface area contributed by atoms with Crippen LogP contribution in [0.2, 0.25) is 0 Å². The number of carbonyl (C=O) groups is 1. The Bertz CT molecular complexity index is 744. The molecule has 2 rings (SSSR count). The van der Waals surface area contributed by atoms with E-state index in [9.17, 15) is 14.9 Å². The number of carbonyl (C=O) groups excluding carboxylic acids is 1. The number of amides is 1. The molecule has 0 saturated heterocycles. The Morgan fingerprint density at radius 2 is 2.29 bits per heavy atom. The lowest BCUT2D eigenvalue weighted by Gasteiger charge is -2.20. The molecule has 2 aromatic rings. The van der Waals surface area contributed by atoms with Crippen molar-refractivity contribution in [2.75, 3.05) is 13.1 Å². The zero-order valence-electron chi connectivity index (χ0n) is 13.1. The van der Waals surface area contributed by atoms with E-state index >= 15 is 0 Å². The minimum Gasteiger partial charge on any atom is -0.330 e. The molecule has 0 atom stereocenters. The van der Waals surface area contributed by atoms with E-state index in [-0.39, 0.29) is 18.1 Å². The molecule has 1 heterocycles. The first-order valence-corrected chi connectivity index (χ1v) is 8.21. The number of nitro groups is 1. The van der Waals surface area contributed by atoms with Gasteiger partial charge in [0, 0.05) is 37.0 Å². The summed E-state index contributed by atoms with van der Waals surface area (Å²) in [6, 6.07) is 6.23. The second-order valence-corrected chi connectivity index (χ2v) is 6.01. The normalized spacial score (nSPS) is 10.4. The molecule has 0 spiro atoms. The lowest BCUT2D eigenvalue weighted by atomic mass is 10.2. The van der Waals surface area contributed by atoms with E-state index in [4.69, 9.17) is 5.73 Å². The fraction of sp³-hybridized carbons (Fsp3) is 0.250. The number of hydrogen-bond acceptors (Lipinski definition) is 6. The molecule has 7 nitrogen and oxygen atoms in total. The van der Waals surface area contributed by atoms with E-state index in [0.29, 0.717) is 30.8 Å². The predicted molar refractivity (Wildman–Crippen MR) is 92.9 cm³/mol. The Labute approximate surface area is 143 Å². The highest BCUT2D eigenvalue weighted by Crippen LogP contribution is 2.17. The summed E-state index contributed by atoms with van der Waals surface area (Å²) < 4.78 is 0. The first kappa shape index (κ1) is 17.8. The molecule has 0 unspecified atom stereocenters. The lowest BCUT2D eigenvalue weighted by Crippen LogP contribution is -2.31. The average molecular weight is 346 g/mol. The van der Waals surface area contributed by atoms with Gasteiger partial charge in [-0.2, -0.15) is 0 Å². The second-order valence-electron chi connectivity index (χ2n) is 5.07. The summed E-state index contributed by atoms with van der Waals surface area (Å²) >= 11 is 1.40. The third kappa shape index (κ3) is 4.46. The number of thiazole rings is 1. The van der Waals surface area contributed by atoms with Crippen LogP contribution in [0.1, 0.15) is 21.1 Å². The number of nitrogens with zero attached hydrogens (tertiary/aromatic N) is 3. The fourth-order valence-electron chi connectivity index (χ4n) is 2.17. The van der Waals surface area contributed by atoms with Crippen LogP contribution in [0.3, 0.4) is 0 Å². The SMILES string of the molecule is C=CCN(Cc1cccc([N+](=O)[O-])c1)C(=O)c1csc(CCN)n1. The average Bonchev–Trinajstić information content (AvgIpc) is 3.03. The van der Waals surface area contributed by atoms with Gasteiger partial charge in [0.1, 0.15) is 5.69 Å². The molecule has 0 fully saturated rings. The van der Waals surface area contributed by atoms with E-state index < -0.39 is 4.92 Å². The van der Waals surface area contributed by atoms with Crippen molar-refractivity contribution in [2.45, 2.75) is 13.0 Å². The third-order valence-corrected chi connectivity index (χ3v) is 4.17. The van der Waals surface area contributed by atoms with Gasteiger partial charge in [0.15, 0.2) is 0 Å². The van der Waals surface area contributed by atoms with Crippen molar-refractivity contribution in [2.24, 2.45) is 5.73 Å². The summed E-state index contributed by atoms with van der Waals surface area (Å²) in [5, 5.41) is 13.4. The molecular formula is C16H18N4O3S. The van der Waals surface area contributed by atoms with Crippen LogP contribution in [0, 0.1) is 10.1 Å². The summed E-state index contributed by atoms with van der Waals surface area (Å²) in [5.74, 6) is -0.235. The molecule has 0 bridgehead atoms. The molecule has 0 saturated carbocycles. The van der Waals surface area contributed by atoms with Crippen LogP contribution >= 0.6 is 11.3 Å². The van der Waals surface area contributed by atoms with Crippen LogP contribution in [0.25, 0.3) is 0 Å². The van der Waals surface area contributed by atoms with Gasteiger partial charge in [-0.15, -0.1) is 17.9 Å². The van der Waals surface area contributed by atoms with Gasteiger partial charge in [-0.1, -0.05) is 18.2 Å². The maximum absolute atomic E-state index is 12.6. The van der Waals surface area contributed by atoms with E-state index in [1.54, 1.807) is 28.5 Å². The Balaban J connectivity index is 2.18. The summed E-state index contributed by atoms with van der Waals surface area (Å²) in [5.41, 5.74) is 6.53. The highest BCUT2D eigenvalue weighted by molar-refractivity contribution is 7.09. The maximum Gasteiger partial charge on any atom is 0.273 e. The van der Waals surface area contributed by atoms with Crippen molar-refractivity contribution in [3.8, 4) is 0 Å². The van der Waals surface area contributed by atoms with Gasteiger partial charge in [-0.05, 0) is 12.1 Å².